The van der Waals surface area contributed by atoms with Crippen LogP contribution in [0.1, 0.15) is 18.5 Å². The molecule has 0 unspecified atom stereocenters. The fraction of sp³-hybridized carbons (Fsp3) is 0.292. The molecule has 1 amide bonds. The fourth-order valence-electron chi connectivity index (χ4n) is 3.61. The molecule has 180 valence electrons. The van der Waals surface area contributed by atoms with Crippen LogP contribution in [-0.4, -0.2) is 44.4 Å². The van der Waals surface area contributed by atoms with Crippen molar-refractivity contribution in [3.63, 3.8) is 0 Å². The summed E-state index contributed by atoms with van der Waals surface area (Å²) in [6.45, 7) is 5.59. The molecule has 0 radical (unpaired) electrons. The average Bonchev–Trinajstić information content (AvgIpc) is 2.83. The molecule has 34 heavy (non-hydrogen) atoms. The second-order valence-corrected chi connectivity index (χ2v) is 7.87. The zero-order valence-electron chi connectivity index (χ0n) is 19.3. The number of ether oxygens (including phenoxy) is 4. The number of anilines is 1. The molecule has 2 aromatic rings. The van der Waals surface area contributed by atoms with Crippen molar-refractivity contribution in [3.05, 3.63) is 60.3 Å². The number of esters is 1. The van der Waals surface area contributed by atoms with Gasteiger partial charge >= 0.3 is 5.97 Å². The van der Waals surface area contributed by atoms with Crippen LogP contribution in [0.4, 0.5) is 5.69 Å². The Morgan fingerprint density at radius 3 is 2.44 bits per heavy atom. The molecule has 3 N–H and O–H groups in total. The van der Waals surface area contributed by atoms with Crippen molar-refractivity contribution in [1.29, 1.82) is 0 Å². The van der Waals surface area contributed by atoms with Crippen LogP contribution in [0, 0.1) is 5.92 Å². The van der Waals surface area contributed by atoms with Crippen molar-refractivity contribution >= 4 is 34.9 Å². The maximum atomic E-state index is 13.4. The SMILES string of the molecule is C=C1NC(=S)N[C@H](c2ccc(O[C@H](C)C(=O)OC)c(OC)c2)[C@@H]1C(=O)Nc1ccccc1OC. The molecule has 0 aliphatic carbocycles. The first kappa shape index (κ1) is 24.8. The summed E-state index contributed by atoms with van der Waals surface area (Å²) in [6, 6.07) is 11.7. The van der Waals surface area contributed by atoms with Gasteiger partial charge < -0.3 is 34.9 Å². The first-order chi connectivity index (χ1) is 16.3. The Kier molecular flexibility index (Phi) is 7.95. The molecule has 1 fully saturated rings. The van der Waals surface area contributed by atoms with Gasteiger partial charge in [-0.2, -0.15) is 0 Å². The molecule has 0 spiro atoms. The minimum Gasteiger partial charge on any atom is -0.495 e. The molecule has 2 aromatic carbocycles. The molecule has 0 bridgehead atoms. The highest BCUT2D eigenvalue weighted by Gasteiger charge is 2.37. The Labute approximate surface area is 203 Å². The lowest BCUT2D eigenvalue weighted by Gasteiger charge is -2.35. The molecular weight excluding hydrogens is 458 g/mol. The lowest BCUT2D eigenvalue weighted by molar-refractivity contribution is -0.148. The molecule has 10 heteroatoms. The Balaban J connectivity index is 1.91. The van der Waals surface area contributed by atoms with Crippen LogP contribution in [0.5, 0.6) is 17.2 Å². The minimum atomic E-state index is -0.825. The van der Waals surface area contributed by atoms with E-state index >= 15 is 0 Å². The van der Waals surface area contributed by atoms with Gasteiger partial charge in [0, 0.05) is 5.70 Å². The van der Waals surface area contributed by atoms with Crippen LogP contribution >= 0.6 is 12.2 Å². The quantitative estimate of drug-likeness (QED) is 0.384. The second-order valence-electron chi connectivity index (χ2n) is 7.46. The van der Waals surface area contributed by atoms with Gasteiger partial charge in [-0.25, -0.2) is 4.79 Å². The van der Waals surface area contributed by atoms with E-state index in [9.17, 15) is 9.59 Å². The summed E-state index contributed by atoms with van der Waals surface area (Å²) >= 11 is 5.31. The Hall–Kier alpha value is -3.79. The van der Waals surface area contributed by atoms with E-state index < -0.39 is 24.0 Å². The fourth-order valence-corrected chi connectivity index (χ4v) is 3.87. The smallest absolute Gasteiger partial charge is 0.346 e. The van der Waals surface area contributed by atoms with Gasteiger partial charge in [0.25, 0.3) is 0 Å². The highest BCUT2D eigenvalue weighted by molar-refractivity contribution is 7.80. The molecule has 9 nitrogen and oxygen atoms in total. The van der Waals surface area contributed by atoms with E-state index in [1.54, 1.807) is 43.3 Å². The van der Waals surface area contributed by atoms with Crippen LogP contribution in [0.15, 0.2) is 54.7 Å². The molecule has 0 aromatic heterocycles. The highest BCUT2D eigenvalue weighted by Crippen LogP contribution is 2.37. The van der Waals surface area contributed by atoms with Gasteiger partial charge in [0.15, 0.2) is 22.7 Å². The summed E-state index contributed by atoms with van der Waals surface area (Å²) in [4.78, 5) is 25.1. The van der Waals surface area contributed by atoms with Crippen LogP contribution < -0.4 is 30.2 Å². The number of methoxy groups -OCH3 is 3. The normalized spacial score (nSPS) is 18.1. The van der Waals surface area contributed by atoms with Gasteiger partial charge in [-0.1, -0.05) is 24.8 Å². The van der Waals surface area contributed by atoms with Crippen LogP contribution in [0.25, 0.3) is 0 Å². The van der Waals surface area contributed by atoms with E-state index in [2.05, 4.69) is 22.5 Å². The number of benzene rings is 2. The molecular formula is C24H27N3O6S. The number of hydrogen-bond donors (Lipinski definition) is 3. The van der Waals surface area contributed by atoms with E-state index in [-0.39, 0.29) is 5.91 Å². The van der Waals surface area contributed by atoms with Crippen molar-refractivity contribution in [2.24, 2.45) is 5.92 Å². The number of amides is 1. The summed E-state index contributed by atoms with van der Waals surface area (Å²) < 4.78 is 21.2. The zero-order valence-corrected chi connectivity index (χ0v) is 20.2. The maximum absolute atomic E-state index is 13.4. The van der Waals surface area contributed by atoms with E-state index in [0.717, 1.165) is 0 Å². The largest absolute Gasteiger partial charge is 0.495 e. The predicted octanol–water partition coefficient (Wildman–Crippen LogP) is 2.93. The van der Waals surface area contributed by atoms with E-state index in [0.29, 0.717) is 39.3 Å². The Morgan fingerprint density at radius 2 is 1.76 bits per heavy atom. The highest BCUT2D eigenvalue weighted by atomic mass is 32.1. The van der Waals surface area contributed by atoms with E-state index in [1.807, 2.05) is 6.07 Å². The summed E-state index contributed by atoms with van der Waals surface area (Å²) in [6.07, 6.45) is -0.825. The van der Waals surface area contributed by atoms with Crippen LogP contribution in [0.2, 0.25) is 0 Å². The molecule has 1 aliphatic heterocycles. The van der Waals surface area contributed by atoms with Crippen molar-refractivity contribution in [1.82, 2.24) is 10.6 Å². The van der Waals surface area contributed by atoms with Crippen molar-refractivity contribution in [2.75, 3.05) is 26.6 Å². The Bertz CT molecular complexity index is 1110. The summed E-state index contributed by atoms with van der Waals surface area (Å²) in [5, 5.41) is 9.33. The number of hydrogen-bond acceptors (Lipinski definition) is 7. The summed E-state index contributed by atoms with van der Waals surface area (Å²) in [7, 11) is 4.31. The molecule has 3 rings (SSSR count). The first-order valence-electron chi connectivity index (χ1n) is 10.4. The lowest BCUT2D eigenvalue weighted by Crippen LogP contribution is -2.51. The molecule has 1 aliphatic rings. The van der Waals surface area contributed by atoms with E-state index in [4.69, 9.17) is 31.2 Å². The topological polar surface area (TPSA) is 107 Å². The molecule has 1 saturated heterocycles. The van der Waals surface area contributed by atoms with Gasteiger partial charge in [-0.15, -0.1) is 0 Å². The number of rotatable bonds is 8. The van der Waals surface area contributed by atoms with Gasteiger partial charge in [-0.05, 0) is 49.0 Å². The van der Waals surface area contributed by atoms with Crippen LogP contribution in [-0.2, 0) is 14.3 Å². The zero-order chi connectivity index (χ0) is 24.8. The maximum Gasteiger partial charge on any atom is 0.346 e. The number of carbonyl (C=O) groups is 2. The second kappa shape index (κ2) is 10.9. The van der Waals surface area contributed by atoms with Gasteiger partial charge in [0.1, 0.15) is 11.7 Å². The summed E-state index contributed by atoms with van der Waals surface area (Å²) in [5.74, 6) is -0.264. The van der Waals surface area contributed by atoms with Gasteiger partial charge in [-0.3, -0.25) is 4.79 Å². The van der Waals surface area contributed by atoms with Crippen LogP contribution in [0.3, 0.4) is 0 Å². The number of carbonyl (C=O) groups excluding carboxylic acids is 2. The summed E-state index contributed by atoms with van der Waals surface area (Å²) in [5.41, 5.74) is 1.69. The molecule has 0 saturated carbocycles. The molecule has 1 heterocycles. The van der Waals surface area contributed by atoms with Crippen molar-refractivity contribution in [3.8, 4) is 17.2 Å². The minimum absolute atomic E-state index is 0.305. The van der Waals surface area contributed by atoms with Gasteiger partial charge in [0.05, 0.1) is 33.1 Å². The lowest BCUT2D eigenvalue weighted by atomic mass is 9.88. The third kappa shape index (κ3) is 5.40. The third-order valence-electron chi connectivity index (χ3n) is 5.30. The third-order valence-corrected chi connectivity index (χ3v) is 5.52. The van der Waals surface area contributed by atoms with Crippen molar-refractivity contribution < 1.29 is 28.5 Å². The predicted molar refractivity (Wildman–Crippen MR) is 131 cm³/mol. The standard InChI is InChI=1S/C24H27N3O6S/c1-13-20(22(28)26-16-8-6-7-9-17(16)30-3)21(27-24(34)25-13)15-10-11-18(19(12-15)31-4)33-14(2)23(29)32-5/h6-12,14,20-21H,1H2,2-5H3,(H,26,28)(H2,25,27,34)/t14-,20-,21-/m1/s1. The Morgan fingerprint density at radius 1 is 1.06 bits per heavy atom. The number of para-hydroxylation sites is 2. The first-order valence-corrected chi connectivity index (χ1v) is 10.8. The van der Waals surface area contributed by atoms with Crippen molar-refractivity contribution in [2.45, 2.75) is 19.1 Å². The average molecular weight is 486 g/mol. The number of nitrogens with one attached hydrogen (secondary N) is 3. The van der Waals surface area contributed by atoms with Gasteiger partial charge in [0.2, 0.25) is 5.91 Å². The molecule has 3 atom stereocenters. The number of thiocarbonyl (C=S) groups is 1. The monoisotopic (exact) mass is 485 g/mol. The van der Waals surface area contributed by atoms with E-state index in [1.165, 1.54) is 21.3 Å².